The van der Waals surface area contributed by atoms with E-state index in [0.717, 1.165) is 19.3 Å². The molecule has 0 amide bonds. The van der Waals surface area contributed by atoms with Gasteiger partial charge in [0.2, 0.25) is 0 Å². The van der Waals surface area contributed by atoms with E-state index in [0.29, 0.717) is 12.8 Å². The minimum Gasteiger partial charge on any atom is -0.463 e. The Labute approximate surface area is 104 Å². The summed E-state index contributed by atoms with van der Waals surface area (Å²) >= 11 is 0. The molecule has 0 bridgehead atoms. The van der Waals surface area contributed by atoms with Gasteiger partial charge in [0, 0.05) is 0 Å². The predicted molar refractivity (Wildman–Crippen MR) is 66.5 cm³/mol. The molecule has 2 nitrogen and oxygen atoms in total. The third kappa shape index (κ3) is 4.64. The zero-order valence-corrected chi connectivity index (χ0v) is 11.5. The Morgan fingerprint density at radius 3 is 2.59 bits per heavy atom. The zero-order valence-electron chi connectivity index (χ0n) is 11.5. The van der Waals surface area contributed by atoms with Crippen molar-refractivity contribution in [2.75, 3.05) is 0 Å². The first kappa shape index (κ1) is 14.5. The molecule has 0 N–H and O–H groups in total. The minimum atomic E-state index is -1.12. The number of esters is 1. The number of hydrogen-bond acceptors (Lipinski definition) is 2. The normalized spacial score (nSPS) is 32.0. The Morgan fingerprint density at radius 1 is 1.35 bits per heavy atom. The minimum absolute atomic E-state index is 0.0903. The molecule has 0 aliphatic heterocycles. The second-order valence-corrected chi connectivity index (χ2v) is 5.90. The van der Waals surface area contributed by atoms with Crippen molar-refractivity contribution >= 4 is 5.97 Å². The highest BCUT2D eigenvalue weighted by atomic mass is 19.1. The molecule has 0 aromatic heterocycles. The largest absolute Gasteiger partial charge is 0.463 e. The summed E-state index contributed by atoms with van der Waals surface area (Å²) in [6.07, 6.45) is 3.90. The van der Waals surface area contributed by atoms with E-state index in [-0.39, 0.29) is 23.9 Å². The fourth-order valence-electron chi connectivity index (χ4n) is 2.61. The van der Waals surface area contributed by atoms with Crippen LogP contribution in [0.2, 0.25) is 0 Å². The maximum absolute atomic E-state index is 14.1. The second-order valence-electron chi connectivity index (χ2n) is 5.90. The summed E-state index contributed by atoms with van der Waals surface area (Å²) in [5, 5.41) is 0. The van der Waals surface area contributed by atoms with Crippen molar-refractivity contribution in [3.05, 3.63) is 0 Å². The van der Waals surface area contributed by atoms with Crippen LogP contribution in [0.15, 0.2) is 0 Å². The first-order valence-electron chi connectivity index (χ1n) is 6.71. The van der Waals surface area contributed by atoms with Gasteiger partial charge in [0.1, 0.15) is 5.67 Å². The van der Waals surface area contributed by atoms with E-state index in [9.17, 15) is 9.18 Å². The topological polar surface area (TPSA) is 26.3 Å². The van der Waals surface area contributed by atoms with Crippen LogP contribution in [-0.4, -0.2) is 17.7 Å². The zero-order chi connectivity index (χ0) is 13.1. The average Bonchev–Trinajstić information content (AvgIpc) is 2.37. The Bertz CT molecular complexity index is 261. The number of hydrogen-bond donors (Lipinski definition) is 0. The van der Waals surface area contributed by atoms with Gasteiger partial charge < -0.3 is 4.74 Å². The number of ether oxygens (including phenoxy) is 1. The summed E-state index contributed by atoms with van der Waals surface area (Å²) in [6, 6.07) is 0. The number of alkyl halides is 1. The van der Waals surface area contributed by atoms with Crippen LogP contribution in [0.25, 0.3) is 0 Å². The Balaban J connectivity index is 2.60. The second kappa shape index (κ2) is 5.83. The molecule has 1 aliphatic carbocycles. The van der Waals surface area contributed by atoms with Crippen molar-refractivity contribution in [1.82, 2.24) is 0 Å². The van der Waals surface area contributed by atoms with E-state index in [1.807, 2.05) is 20.8 Å². The van der Waals surface area contributed by atoms with E-state index in [1.165, 1.54) is 0 Å². The molecule has 0 aromatic carbocycles. The Kier molecular flexibility index (Phi) is 4.96. The molecule has 1 rings (SSSR count). The maximum Gasteiger partial charge on any atom is 0.309 e. The van der Waals surface area contributed by atoms with Gasteiger partial charge in [-0.05, 0) is 46.0 Å². The molecule has 17 heavy (non-hydrogen) atoms. The Morgan fingerprint density at radius 2 is 2.00 bits per heavy atom. The van der Waals surface area contributed by atoms with Gasteiger partial charge in [-0.25, -0.2) is 4.39 Å². The van der Waals surface area contributed by atoms with Gasteiger partial charge >= 0.3 is 5.97 Å². The van der Waals surface area contributed by atoms with Crippen LogP contribution >= 0.6 is 0 Å². The third-order valence-electron chi connectivity index (χ3n) is 3.64. The van der Waals surface area contributed by atoms with Crippen LogP contribution in [-0.2, 0) is 9.53 Å². The standard InChI is InChI=1S/C14H25FO2/c1-10(2)17-13(16)11(3)12-7-5-6-8-14(4,15)9-12/h10-12H,5-9H2,1-4H3. The molecule has 0 spiro atoms. The first-order valence-corrected chi connectivity index (χ1v) is 6.71. The summed E-state index contributed by atoms with van der Waals surface area (Å²) in [4.78, 5) is 11.8. The van der Waals surface area contributed by atoms with Gasteiger partial charge in [0.25, 0.3) is 0 Å². The van der Waals surface area contributed by atoms with Gasteiger partial charge in [-0.2, -0.15) is 0 Å². The predicted octanol–water partition coefficient (Wildman–Crippen LogP) is 3.88. The van der Waals surface area contributed by atoms with Gasteiger partial charge in [-0.3, -0.25) is 4.79 Å². The molecule has 1 saturated carbocycles. The number of carbonyl (C=O) groups is 1. The lowest BCUT2D eigenvalue weighted by Crippen LogP contribution is -2.29. The van der Waals surface area contributed by atoms with E-state index in [2.05, 4.69) is 0 Å². The highest BCUT2D eigenvalue weighted by molar-refractivity contribution is 5.72. The molecule has 3 unspecified atom stereocenters. The molecule has 0 radical (unpaired) electrons. The number of rotatable bonds is 3. The van der Waals surface area contributed by atoms with Crippen LogP contribution in [0.3, 0.4) is 0 Å². The number of carbonyl (C=O) groups excluding carboxylic acids is 1. The molecule has 3 atom stereocenters. The lowest BCUT2D eigenvalue weighted by molar-refractivity contribution is -0.154. The highest BCUT2D eigenvalue weighted by Gasteiger charge is 2.35. The molecule has 100 valence electrons. The molecule has 0 aromatic rings. The molecule has 3 heteroatoms. The summed E-state index contributed by atoms with van der Waals surface area (Å²) < 4.78 is 19.3. The van der Waals surface area contributed by atoms with Crippen molar-refractivity contribution in [2.45, 2.75) is 71.6 Å². The van der Waals surface area contributed by atoms with E-state index < -0.39 is 5.67 Å². The summed E-state index contributed by atoms with van der Waals surface area (Å²) in [6.45, 7) is 7.22. The molecule has 1 fully saturated rings. The molecule has 1 aliphatic rings. The lowest BCUT2D eigenvalue weighted by Gasteiger charge is -2.26. The van der Waals surface area contributed by atoms with Crippen LogP contribution in [0.1, 0.15) is 59.8 Å². The van der Waals surface area contributed by atoms with Gasteiger partial charge in [-0.15, -0.1) is 0 Å². The molecular weight excluding hydrogens is 219 g/mol. The van der Waals surface area contributed by atoms with E-state index >= 15 is 0 Å². The summed E-state index contributed by atoms with van der Waals surface area (Å²) in [5.74, 6) is -0.243. The van der Waals surface area contributed by atoms with Gasteiger partial charge in [0.15, 0.2) is 0 Å². The fourth-order valence-corrected chi connectivity index (χ4v) is 2.61. The van der Waals surface area contributed by atoms with Crippen molar-refractivity contribution < 1.29 is 13.9 Å². The highest BCUT2D eigenvalue weighted by Crippen LogP contribution is 2.37. The Hall–Kier alpha value is -0.600. The van der Waals surface area contributed by atoms with Crippen molar-refractivity contribution in [3.63, 3.8) is 0 Å². The lowest BCUT2D eigenvalue weighted by atomic mass is 9.83. The first-order chi connectivity index (χ1) is 7.82. The fraction of sp³-hybridized carbons (Fsp3) is 0.929. The molecular formula is C14H25FO2. The van der Waals surface area contributed by atoms with Gasteiger partial charge in [0.05, 0.1) is 12.0 Å². The third-order valence-corrected chi connectivity index (χ3v) is 3.64. The summed E-state index contributed by atoms with van der Waals surface area (Å²) in [5.41, 5.74) is -1.12. The quantitative estimate of drug-likeness (QED) is 0.556. The molecule has 0 saturated heterocycles. The van der Waals surface area contributed by atoms with Crippen molar-refractivity contribution in [1.29, 1.82) is 0 Å². The van der Waals surface area contributed by atoms with E-state index in [4.69, 9.17) is 4.74 Å². The monoisotopic (exact) mass is 244 g/mol. The summed E-state index contributed by atoms with van der Waals surface area (Å²) in [7, 11) is 0. The van der Waals surface area contributed by atoms with E-state index in [1.54, 1.807) is 6.92 Å². The SMILES string of the molecule is CC(C)OC(=O)C(C)C1CCCCC(C)(F)C1. The average molecular weight is 244 g/mol. The number of halogens is 1. The van der Waals surface area contributed by atoms with Crippen molar-refractivity contribution in [2.24, 2.45) is 11.8 Å². The van der Waals surface area contributed by atoms with Gasteiger partial charge in [-0.1, -0.05) is 19.8 Å². The van der Waals surface area contributed by atoms with Crippen LogP contribution < -0.4 is 0 Å². The van der Waals surface area contributed by atoms with Crippen LogP contribution in [0.4, 0.5) is 4.39 Å². The van der Waals surface area contributed by atoms with Crippen LogP contribution in [0.5, 0.6) is 0 Å². The molecule has 0 heterocycles. The maximum atomic E-state index is 14.1. The smallest absolute Gasteiger partial charge is 0.309 e. The van der Waals surface area contributed by atoms with Crippen molar-refractivity contribution in [3.8, 4) is 0 Å². The van der Waals surface area contributed by atoms with Crippen LogP contribution in [0, 0.1) is 11.8 Å².